The van der Waals surface area contributed by atoms with Crippen LogP contribution in [0.2, 0.25) is 0 Å². The zero-order valence-corrected chi connectivity index (χ0v) is 22.2. The normalized spacial score (nSPS) is 55.3. The number of fused-ring (bicyclic) bond motifs is 7. The van der Waals surface area contributed by atoms with Gasteiger partial charge in [-0.25, -0.2) is 0 Å². The molecule has 3 nitrogen and oxygen atoms in total. The van der Waals surface area contributed by atoms with Gasteiger partial charge in [-0.05, 0) is 109 Å². The predicted octanol–water partition coefficient (Wildman–Crippen LogP) is 7.09. The Morgan fingerprint density at radius 1 is 0.909 bits per heavy atom. The number of carbonyl (C=O) groups is 1. The van der Waals surface area contributed by atoms with Crippen molar-refractivity contribution < 1.29 is 15.0 Å². The van der Waals surface area contributed by atoms with E-state index in [9.17, 15) is 15.0 Å². The minimum Gasteiger partial charge on any atom is -0.481 e. The largest absolute Gasteiger partial charge is 0.481 e. The Morgan fingerprint density at radius 2 is 1.61 bits per heavy atom. The van der Waals surface area contributed by atoms with Crippen molar-refractivity contribution in [3.05, 3.63) is 11.6 Å². The highest BCUT2D eigenvalue weighted by molar-refractivity contribution is 5.76. The van der Waals surface area contributed by atoms with Crippen molar-refractivity contribution in [2.45, 2.75) is 112 Å². The summed E-state index contributed by atoms with van der Waals surface area (Å²) in [6.45, 7) is 17.0. The van der Waals surface area contributed by atoms with E-state index in [2.05, 4.69) is 54.5 Å². The average Bonchev–Trinajstić information content (AvgIpc) is 2.74. The SMILES string of the molecule is C[C@H]1[C@H](C)CC[C@]2(C(=O)O)CC[C@]3(C)C(=CC[C@@H]4[C@@]5(C)CC[C@@H](O)C(C)(C)[C@H]5CC[C@]43C)[C@H]12. The number of aliphatic hydroxyl groups excluding tert-OH is 1. The molecule has 0 heterocycles. The van der Waals surface area contributed by atoms with Crippen LogP contribution in [0.1, 0.15) is 106 Å². The Labute approximate surface area is 201 Å². The third-order valence-electron chi connectivity index (χ3n) is 13.4. The van der Waals surface area contributed by atoms with E-state index in [0.29, 0.717) is 23.7 Å². The van der Waals surface area contributed by atoms with E-state index in [1.165, 1.54) is 18.4 Å². The molecular formula is C30H48O3. The molecule has 0 spiro atoms. The molecule has 4 saturated carbocycles. The summed E-state index contributed by atoms with van der Waals surface area (Å²) in [5, 5.41) is 21.4. The molecule has 3 heteroatoms. The van der Waals surface area contributed by atoms with Crippen molar-refractivity contribution in [1.29, 1.82) is 0 Å². The topological polar surface area (TPSA) is 57.5 Å². The number of aliphatic carboxylic acids is 1. The highest BCUT2D eigenvalue weighted by Crippen LogP contribution is 2.75. The number of hydrogen-bond donors (Lipinski definition) is 2. The standard InChI is InChI=1S/C30H48O3/c1-18-10-15-30(25(32)33)17-16-28(6)20(24(30)19(18)2)8-9-22-27(5)13-12-23(31)26(3,4)21(27)11-14-29(22,28)7/h8,18-19,21-24,31H,9-17H2,1-7H3,(H,32,33)/t18-,19+,21-,22-,23-,24+,27+,28-,29-,30+/m1/s1. The summed E-state index contributed by atoms with van der Waals surface area (Å²) < 4.78 is 0. The van der Waals surface area contributed by atoms with E-state index < -0.39 is 11.4 Å². The van der Waals surface area contributed by atoms with Gasteiger partial charge in [-0.1, -0.05) is 60.1 Å². The minimum atomic E-state index is -0.557. The molecule has 0 radical (unpaired) electrons. The van der Waals surface area contributed by atoms with Crippen molar-refractivity contribution in [1.82, 2.24) is 0 Å². The second kappa shape index (κ2) is 7.11. The second-order valence-electron chi connectivity index (χ2n) is 14.5. The first-order chi connectivity index (χ1) is 15.3. The van der Waals surface area contributed by atoms with Gasteiger partial charge in [-0.15, -0.1) is 0 Å². The third kappa shape index (κ3) is 2.75. The summed E-state index contributed by atoms with van der Waals surface area (Å²) >= 11 is 0. The van der Waals surface area contributed by atoms with Gasteiger partial charge >= 0.3 is 5.97 Å². The van der Waals surface area contributed by atoms with Crippen molar-refractivity contribution in [2.24, 2.45) is 56.7 Å². The van der Waals surface area contributed by atoms with Crippen molar-refractivity contribution in [3.63, 3.8) is 0 Å². The Balaban J connectivity index is 1.61. The fraction of sp³-hybridized carbons (Fsp3) is 0.900. The first-order valence-corrected chi connectivity index (χ1v) is 13.9. The minimum absolute atomic E-state index is 0.0302. The molecule has 0 aromatic heterocycles. The van der Waals surface area contributed by atoms with E-state index >= 15 is 0 Å². The van der Waals surface area contributed by atoms with Gasteiger partial charge in [-0.3, -0.25) is 4.79 Å². The summed E-state index contributed by atoms with van der Waals surface area (Å²) in [5.41, 5.74) is 1.46. The monoisotopic (exact) mass is 456 g/mol. The molecule has 4 fully saturated rings. The van der Waals surface area contributed by atoms with Crippen LogP contribution in [0.15, 0.2) is 11.6 Å². The first kappa shape index (κ1) is 23.9. The molecule has 0 saturated heterocycles. The van der Waals surface area contributed by atoms with E-state index in [-0.39, 0.29) is 33.7 Å². The lowest BCUT2D eigenvalue weighted by Gasteiger charge is -2.71. The van der Waals surface area contributed by atoms with Crippen LogP contribution in [0.3, 0.4) is 0 Å². The number of carboxylic acid groups (broad SMARTS) is 1. The van der Waals surface area contributed by atoms with Crippen LogP contribution in [-0.2, 0) is 4.79 Å². The molecule has 0 unspecified atom stereocenters. The van der Waals surface area contributed by atoms with E-state index in [4.69, 9.17) is 0 Å². The lowest BCUT2D eigenvalue weighted by atomic mass is 9.33. The van der Waals surface area contributed by atoms with Gasteiger partial charge in [0.25, 0.3) is 0 Å². The maximum Gasteiger partial charge on any atom is 0.310 e. The van der Waals surface area contributed by atoms with Gasteiger partial charge in [0.2, 0.25) is 0 Å². The van der Waals surface area contributed by atoms with Crippen LogP contribution in [-0.4, -0.2) is 22.3 Å². The lowest BCUT2D eigenvalue weighted by molar-refractivity contribution is -0.206. The molecule has 33 heavy (non-hydrogen) atoms. The van der Waals surface area contributed by atoms with Crippen molar-refractivity contribution >= 4 is 5.97 Å². The van der Waals surface area contributed by atoms with Crippen LogP contribution < -0.4 is 0 Å². The predicted molar refractivity (Wildman–Crippen MR) is 133 cm³/mol. The molecule has 0 aromatic rings. The quantitative estimate of drug-likeness (QED) is 0.414. The smallest absolute Gasteiger partial charge is 0.310 e. The molecule has 0 aromatic carbocycles. The van der Waals surface area contributed by atoms with Crippen LogP contribution >= 0.6 is 0 Å². The fourth-order valence-electron chi connectivity index (χ4n) is 10.8. The molecule has 5 aliphatic rings. The number of carboxylic acids is 1. The van der Waals surface area contributed by atoms with E-state index in [0.717, 1.165) is 44.9 Å². The van der Waals surface area contributed by atoms with Crippen molar-refractivity contribution in [3.8, 4) is 0 Å². The maximum absolute atomic E-state index is 12.8. The third-order valence-corrected chi connectivity index (χ3v) is 13.4. The number of hydrogen-bond acceptors (Lipinski definition) is 2. The highest BCUT2D eigenvalue weighted by Gasteiger charge is 2.69. The number of rotatable bonds is 1. The summed E-state index contributed by atoms with van der Waals surface area (Å²) in [6.07, 6.45) is 11.6. The molecule has 0 amide bonds. The van der Waals surface area contributed by atoms with Gasteiger partial charge in [0.05, 0.1) is 11.5 Å². The highest BCUT2D eigenvalue weighted by atomic mass is 16.4. The summed E-state index contributed by atoms with van der Waals surface area (Å²) in [5.74, 6) is 1.82. The van der Waals surface area contributed by atoms with Crippen LogP contribution in [0.25, 0.3) is 0 Å². The molecule has 5 aliphatic carbocycles. The number of aliphatic hydroxyl groups is 1. The zero-order valence-electron chi connectivity index (χ0n) is 22.2. The Hall–Kier alpha value is -0.830. The molecule has 0 bridgehead atoms. The average molecular weight is 457 g/mol. The van der Waals surface area contributed by atoms with Gasteiger partial charge in [-0.2, -0.15) is 0 Å². The maximum atomic E-state index is 12.8. The Bertz CT molecular complexity index is 874. The van der Waals surface area contributed by atoms with Crippen LogP contribution in [0, 0.1) is 56.7 Å². The van der Waals surface area contributed by atoms with Gasteiger partial charge in [0.15, 0.2) is 0 Å². The van der Waals surface area contributed by atoms with Gasteiger partial charge in [0.1, 0.15) is 0 Å². The van der Waals surface area contributed by atoms with E-state index in [1.807, 2.05) is 0 Å². The van der Waals surface area contributed by atoms with Crippen LogP contribution in [0.4, 0.5) is 0 Å². The summed E-state index contributed by atoms with van der Waals surface area (Å²) in [4.78, 5) is 12.8. The molecule has 186 valence electrons. The van der Waals surface area contributed by atoms with Gasteiger partial charge < -0.3 is 10.2 Å². The Kier molecular flexibility index (Phi) is 5.15. The molecule has 2 N–H and O–H groups in total. The second-order valence-corrected chi connectivity index (χ2v) is 14.5. The molecular weight excluding hydrogens is 408 g/mol. The molecule has 0 aliphatic heterocycles. The summed E-state index contributed by atoms with van der Waals surface area (Å²) in [7, 11) is 0. The first-order valence-electron chi connectivity index (χ1n) is 13.9. The van der Waals surface area contributed by atoms with Crippen LogP contribution in [0.5, 0.6) is 0 Å². The van der Waals surface area contributed by atoms with Crippen molar-refractivity contribution in [2.75, 3.05) is 0 Å². The van der Waals surface area contributed by atoms with Gasteiger partial charge in [0, 0.05) is 0 Å². The van der Waals surface area contributed by atoms with E-state index in [1.54, 1.807) is 0 Å². The summed E-state index contributed by atoms with van der Waals surface area (Å²) in [6, 6.07) is 0. The fourth-order valence-corrected chi connectivity index (χ4v) is 10.8. The molecule has 5 rings (SSSR count). The number of allylic oxidation sites excluding steroid dienone is 2. The molecule has 10 atom stereocenters. The lowest BCUT2D eigenvalue weighted by Crippen LogP contribution is -2.65. The zero-order chi connectivity index (χ0) is 24.2. The Morgan fingerprint density at radius 3 is 2.27 bits per heavy atom.